The van der Waals surface area contributed by atoms with Gasteiger partial charge in [0.1, 0.15) is 16.9 Å². The number of aromatic carboxylic acids is 1. The second-order valence-corrected chi connectivity index (χ2v) is 5.77. The molecular formula is C12H7BrN4O2S. The summed E-state index contributed by atoms with van der Waals surface area (Å²) >= 11 is 4.53. The number of halogens is 1. The van der Waals surface area contributed by atoms with Crippen molar-refractivity contribution < 1.29 is 9.90 Å². The number of nitrogens with one attached hydrogen (secondary N) is 1. The normalized spacial score (nSPS) is 10.8. The predicted molar refractivity (Wildman–Crippen MR) is 76.9 cm³/mol. The van der Waals surface area contributed by atoms with E-state index in [1.165, 1.54) is 24.4 Å². The number of carboxylic acids is 1. The number of hydrogen-bond acceptors (Lipinski definition) is 5. The summed E-state index contributed by atoms with van der Waals surface area (Å²) in [5.41, 5.74) is 1.46. The van der Waals surface area contributed by atoms with Gasteiger partial charge in [0.15, 0.2) is 5.65 Å². The predicted octanol–water partition coefficient (Wildman–Crippen LogP) is 2.96. The highest BCUT2D eigenvalue weighted by molar-refractivity contribution is 9.10. The molecule has 0 aliphatic heterocycles. The largest absolute Gasteiger partial charge is 0.478 e. The van der Waals surface area contributed by atoms with E-state index in [-0.39, 0.29) is 5.56 Å². The van der Waals surface area contributed by atoms with Gasteiger partial charge in [0.05, 0.1) is 11.9 Å². The molecule has 0 saturated carbocycles. The lowest BCUT2D eigenvalue weighted by Crippen LogP contribution is -1.99. The molecule has 0 radical (unpaired) electrons. The number of carboxylic acid groups (broad SMARTS) is 1. The van der Waals surface area contributed by atoms with Crippen molar-refractivity contribution in [3.63, 3.8) is 0 Å². The number of fused-ring (bicyclic) bond motifs is 1. The number of rotatable bonds is 3. The molecule has 0 saturated heterocycles. The SMILES string of the molecule is O=C(O)c1cc(Br)ccc1Sc1ncnc2nc[nH]c12. The Labute approximate surface area is 125 Å². The highest BCUT2D eigenvalue weighted by Gasteiger charge is 2.14. The Balaban J connectivity index is 2.07. The van der Waals surface area contributed by atoms with Gasteiger partial charge < -0.3 is 10.1 Å². The molecule has 3 rings (SSSR count). The zero-order valence-corrected chi connectivity index (χ0v) is 12.3. The van der Waals surface area contributed by atoms with Crippen molar-refractivity contribution >= 4 is 44.8 Å². The van der Waals surface area contributed by atoms with Crippen LogP contribution in [0, 0.1) is 0 Å². The molecule has 2 N–H and O–H groups in total. The van der Waals surface area contributed by atoms with Gasteiger partial charge >= 0.3 is 5.97 Å². The fourth-order valence-corrected chi connectivity index (χ4v) is 3.00. The summed E-state index contributed by atoms with van der Waals surface area (Å²) in [5, 5.41) is 9.89. The van der Waals surface area contributed by atoms with Crippen LogP contribution in [0.4, 0.5) is 0 Å². The fourth-order valence-electron chi connectivity index (χ4n) is 1.68. The smallest absolute Gasteiger partial charge is 0.336 e. The fraction of sp³-hybridized carbons (Fsp3) is 0. The van der Waals surface area contributed by atoms with Gasteiger partial charge in [0, 0.05) is 9.37 Å². The second kappa shape index (κ2) is 5.22. The molecule has 100 valence electrons. The number of nitrogens with zero attached hydrogens (tertiary/aromatic N) is 3. The van der Waals surface area contributed by atoms with Crippen LogP contribution < -0.4 is 0 Å². The molecule has 0 unspecified atom stereocenters. The molecule has 20 heavy (non-hydrogen) atoms. The molecule has 6 nitrogen and oxygen atoms in total. The average Bonchev–Trinajstić information content (AvgIpc) is 2.90. The molecule has 1 aromatic carbocycles. The van der Waals surface area contributed by atoms with E-state index in [1.807, 2.05) is 0 Å². The Morgan fingerprint density at radius 3 is 2.95 bits per heavy atom. The lowest BCUT2D eigenvalue weighted by atomic mass is 10.2. The Morgan fingerprint density at radius 2 is 2.15 bits per heavy atom. The third-order valence-corrected chi connectivity index (χ3v) is 4.14. The van der Waals surface area contributed by atoms with Crippen LogP contribution in [0.15, 0.2) is 45.2 Å². The minimum absolute atomic E-state index is 0.218. The van der Waals surface area contributed by atoms with Crippen molar-refractivity contribution in [1.29, 1.82) is 0 Å². The van der Waals surface area contributed by atoms with Gasteiger partial charge in [-0.25, -0.2) is 19.7 Å². The third-order valence-electron chi connectivity index (χ3n) is 2.57. The highest BCUT2D eigenvalue weighted by atomic mass is 79.9. The molecule has 0 spiro atoms. The molecule has 8 heteroatoms. The van der Waals surface area contributed by atoms with Gasteiger partial charge in [0.25, 0.3) is 0 Å². The molecule has 0 fully saturated rings. The van der Waals surface area contributed by atoms with Gasteiger partial charge in [-0.05, 0) is 18.2 Å². The van der Waals surface area contributed by atoms with E-state index in [0.29, 0.717) is 25.6 Å². The number of benzene rings is 1. The number of H-pyrrole nitrogens is 1. The summed E-state index contributed by atoms with van der Waals surface area (Å²) in [6.45, 7) is 0. The molecular weight excluding hydrogens is 344 g/mol. The lowest BCUT2D eigenvalue weighted by molar-refractivity contribution is 0.0693. The number of imidazole rings is 1. The maximum absolute atomic E-state index is 11.3. The number of hydrogen-bond donors (Lipinski definition) is 2. The van der Waals surface area contributed by atoms with E-state index in [1.54, 1.807) is 18.2 Å². The first kappa shape index (κ1) is 13.1. The average molecular weight is 351 g/mol. The van der Waals surface area contributed by atoms with Crippen LogP contribution in [0.1, 0.15) is 10.4 Å². The molecule has 3 aromatic rings. The van der Waals surface area contributed by atoms with E-state index in [2.05, 4.69) is 35.9 Å². The van der Waals surface area contributed by atoms with E-state index in [0.717, 1.165) is 0 Å². The van der Waals surface area contributed by atoms with Crippen LogP contribution in [0.5, 0.6) is 0 Å². The van der Waals surface area contributed by atoms with Crippen molar-refractivity contribution in [2.24, 2.45) is 0 Å². The number of aromatic nitrogens is 4. The van der Waals surface area contributed by atoms with Crippen LogP contribution in [0.3, 0.4) is 0 Å². The Bertz CT molecular complexity index is 805. The third kappa shape index (κ3) is 2.39. The number of aromatic amines is 1. The monoisotopic (exact) mass is 350 g/mol. The van der Waals surface area contributed by atoms with E-state index in [9.17, 15) is 9.90 Å². The van der Waals surface area contributed by atoms with Crippen molar-refractivity contribution in [2.75, 3.05) is 0 Å². The minimum atomic E-state index is -0.983. The molecule has 0 atom stereocenters. The summed E-state index contributed by atoms with van der Waals surface area (Å²) in [5.74, 6) is -0.983. The molecule has 0 aliphatic rings. The standard InChI is InChI=1S/C12H7BrN4O2S/c13-6-1-2-8(7(3-6)12(18)19)20-11-9-10(15-4-14-9)16-5-17-11/h1-5H,(H,18,19)(H,14,15,16,17). The summed E-state index contributed by atoms with van der Waals surface area (Å²) in [7, 11) is 0. The van der Waals surface area contributed by atoms with Crippen LogP contribution in [0.2, 0.25) is 0 Å². The van der Waals surface area contributed by atoms with E-state index in [4.69, 9.17) is 0 Å². The van der Waals surface area contributed by atoms with Crippen LogP contribution >= 0.6 is 27.7 Å². The molecule has 0 aliphatic carbocycles. The van der Waals surface area contributed by atoms with Crippen LogP contribution in [0.25, 0.3) is 11.2 Å². The van der Waals surface area contributed by atoms with Crippen LogP contribution in [-0.2, 0) is 0 Å². The van der Waals surface area contributed by atoms with Crippen LogP contribution in [-0.4, -0.2) is 31.0 Å². The number of carbonyl (C=O) groups is 1. The van der Waals surface area contributed by atoms with Crippen molar-refractivity contribution in [2.45, 2.75) is 9.92 Å². The van der Waals surface area contributed by atoms with Crippen molar-refractivity contribution in [3.8, 4) is 0 Å². The summed E-state index contributed by atoms with van der Waals surface area (Å²) in [6, 6.07) is 5.10. The van der Waals surface area contributed by atoms with Gasteiger partial charge in [-0.1, -0.05) is 27.7 Å². The summed E-state index contributed by atoms with van der Waals surface area (Å²) < 4.78 is 0.716. The van der Waals surface area contributed by atoms with Crippen molar-refractivity contribution in [3.05, 3.63) is 40.9 Å². The summed E-state index contributed by atoms with van der Waals surface area (Å²) in [6.07, 6.45) is 2.94. The summed E-state index contributed by atoms with van der Waals surface area (Å²) in [4.78, 5) is 27.1. The first-order valence-electron chi connectivity index (χ1n) is 5.50. The Hall–Kier alpha value is -1.93. The zero-order chi connectivity index (χ0) is 14.1. The maximum Gasteiger partial charge on any atom is 0.336 e. The molecule has 0 bridgehead atoms. The van der Waals surface area contributed by atoms with E-state index < -0.39 is 5.97 Å². The first-order valence-corrected chi connectivity index (χ1v) is 7.11. The van der Waals surface area contributed by atoms with Gasteiger partial charge in [-0.2, -0.15) is 0 Å². The maximum atomic E-state index is 11.3. The van der Waals surface area contributed by atoms with Crippen molar-refractivity contribution in [1.82, 2.24) is 19.9 Å². The zero-order valence-electron chi connectivity index (χ0n) is 9.87. The quantitative estimate of drug-likeness (QED) is 0.705. The molecule has 2 aromatic heterocycles. The van der Waals surface area contributed by atoms with Gasteiger partial charge in [-0.15, -0.1) is 0 Å². The molecule has 0 amide bonds. The second-order valence-electron chi connectivity index (χ2n) is 3.83. The first-order chi connectivity index (χ1) is 9.65. The highest BCUT2D eigenvalue weighted by Crippen LogP contribution is 2.33. The Kier molecular flexibility index (Phi) is 3.41. The van der Waals surface area contributed by atoms with Gasteiger partial charge in [0.2, 0.25) is 0 Å². The minimum Gasteiger partial charge on any atom is -0.478 e. The van der Waals surface area contributed by atoms with Gasteiger partial charge in [-0.3, -0.25) is 0 Å². The topological polar surface area (TPSA) is 91.8 Å². The van der Waals surface area contributed by atoms with E-state index >= 15 is 0 Å². The Morgan fingerprint density at radius 1 is 1.30 bits per heavy atom. The lowest BCUT2D eigenvalue weighted by Gasteiger charge is -2.06. The molecule has 2 heterocycles.